The van der Waals surface area contributed by atoms with Gasteiger partial charge >= 0.3 is 12.3 Å². The fourth-order valence-corrected chi connectivity index (χ4v) is 2.74. The fourth-order valence-electron chi connectivity index (χ4n) is 2.74. The first-order chi connectivity index (χ1) is 12.2. The summed E-state index contributed by atoms with van der Waals surface area (Å²) in [5.74, 6) is 0.0663. The van der Waals surface area contributed by atoms with Crippen LogP contribution < -0.4 is 11.1 Å². The molecule has 0 aliphatic carbocycles. The highest BCUT2D eigenvalue weighted by Gasteiger charge is 2.36. The van der Waals surface area contributed by atoms with Gasteiger partial charge in [-0.25, -0.2) is 9.79 Å². The molecule has 11 heteroatoms. The number of likely N-dealkylation sites (tertiary alicyclic amines) is 1. The topological polar surface area (TPSA) is 97.8 Å². The summed E-state index contributed by atoms with van der Waals surface area (Å²) in [5, 5.41) is 6.41. The molecule has 1 amide bonds. The molecule has 1 saturated heterocycles. The summed E-state index contributed by atoms with van der Waals surface area (Å²) in [6, 6.07) is 0.000381. The standard InChI is InChI=1S/C15H23F3N6O2/c1-3-26-14(25)24-6-4-11(5-7-24)21-13(19)20-8-10-9-23(2)22-12(10)15(16,17)18/h9,11H,3-8H2,1-2H3,(H3,19,20,21). The predicted molar refractivity (Wildman–Crippen MR) is 88.3 cm³/mol. The lowest BCUT2D eigenvalue weighted by atomic mass is 10.1. The maximum absolute atomic E-state index is 12.9. The molecule has 0 atom stereocenters. The van der Waals surface area contributed by atoms with Gasteiger partial charge in [-0.15, -0.1) is 0 Å². The zero-order chi connectivity index (χ0) is 19.3. The SMILES string of the molecule is CCOC(=O)N1CCC(NC(N)=NCc2cn(C)nc2C(F)(F)F)CC1. The number of carbonyl (C=O) groups excluding carboxylic acids is 1. The van der Waals surface area contributed by atoms with Gasteiger partial charge in [-0.05, 0) is 19.8 Å². The van der Waals surface area contributed by atoms with Crippen molar-refractivity contribution >= 4 is 12.1 Å². The summed E-state index contributed by atoms with van der Waals surface area (Å²) in [4.78, 5) is 17.2. The number of aromatic nitrogens is 2. The Labute approximate surface area is 149 Å². The fraction of sp³-hybridized carbons (Fsp3) is 0.667. The molecule has 8 nitrogen and oxygen atoms in total. The van der Waals surface area contributed by atoms with Crippen molar-refractivity contribution in [2.24, 2.45) is 17.8 Å². The molecule has 2 rings (SSSR count). The van der Waals surface area contributed by atoms with E-state index in [1.165, 1.54) is 13.2 Å². The van der Waals surface area contributed by atoms with E-state index in [1.54, 1.807) is 11.8 Å². The maximum Gasteiger partial charge on any atom is 0.435 e. The number of aliphatic imine (C=N–C) groups is 1. The molecular weight excluding hydrogens is 353 g/mol. The minimum Gasteiger partial charge on any atom is -0.450 e. The third-order valence-corrected chi connectivity index (χ3v) is 3.97. The summed E-state index contributed by atoms with van der Waals surface area (Å²) in [6.45, 7) is 2.89. The van der Waals surface area contributed by atoms with Crippen LogP contribution in [-0.2, 0) is 24.5 Å². The van der Waals surface area contributed by atoms with Gasteiger partial charge in [-0.3, -0.25) is 4.68 Å². The Morgan fingerprint density at radius 1 is 1.46 bits per heavy atom. The number of ether oxygens (including phenoxy) is 1. The van der Waals surface area contributed by atoms with Crippen LogP contribution in [-0.4, -0.2) is 52.5 Å². The van der Waals surface area contributed by atoms with E-state index in [0.29, 0.717) is 32.5 Å². The minimum atomic E-state index is -4.53. The molecule has 0 bridgehead atoms. The van der Waals surface area contributed by atoms with Crippen LogP contribution in [0.25, 0.3) is 0 Å². The number of halogens is 3. The van der Waals surface area contributed by atoms with Crippen molar-refractivity contribution < 1.29 is 22.7 Å². The first kappa shape index (κ1) is 19.9. The predicted octanol–water partition coefficient (Wildman–Crippen LogP) is 1.46. The van der Waals surface area contributed by atoms with Gasteiger partial charge in [0.25, 0.3) is 0 Å². The third-order valence-electron chi connectivity index (χ3n) is 3.97. The summed E-state index contributed by atoms with van der Waals surface area (Å²) < 4.78 is 44.8. The highest BCUT2D eigenvalue weighted by molar-refractivity contribution is 5.78. The Bertz CT molecular complexity index is 650. The van der Waals surface area contributed by atoms with Gasteiger partial charge in [-0.1, -0.05) is 0 Å². The van der Waals surface area contributed by atoms with Gasteiger partial charge in [0, 0.05) is 37.9 Å². The highest BCUT2D eigenvalue weighted by atomic mass is 19.4. The lowest BCUT2D eigenvalue weighted by Gasteiger charge is -2.31. The van der Waals surface area contributed by atoms with Crippen molar-refractivity contribution in [3.05, 3.63) is 17.5 Å². The monoisotopic (exact) mass is 376 g/mol. The summed E-state index contributed by atoms with van der Waals surface area (Å²) in [6.07, 6.45) is -2.30. The van der Waals surface area contributed by atoms with Crippen LogP contribution in [0.5, 0.6) is 0 Å². The number of nitrogens with one attached hydrogen (secondary N) is 1. The molecule has 1 fully saturated rings. The van der Waals surface area contributed by atoms with Gasteiger partial charge in [-0.2, -0.15) is 18.3 Å². The van der Waals surface area contributed by atoms with Crippen molar-refractivity contribution in [3.63, 3.8) is 0 Å². The van der Waals surface area contributed by atoms with Crippen molar-refractivity contribution in [3.8, 4) is 0 Å². The van der Waals surface area contributed by atoms with E-state index < -0.39 is 11.9 Å². The molecule has 2 heterocycles. The van der Waals surface area contributed by atoms with E-state index in [-0.39, 0.29) is 30.2 Å². The number of aryl methyl sites for hydroxylation is 1. The average Bonchev–Trinajstić information content (AvgIpc) is 2.95. The normalized spacial score (nSPS) is 16.7. The number of alkyl halides is 3. The Morgan fingerprint density at radius 3 is 2.69 bits per heavy atom. The summed E-state index contributed by atoms with van der Waals surface area (Å²) in [7, 11) is 1.42. The largest absolute Gasteiger partial charge is 0.450 e. The molecule has 146 valence electrons. The van der Waals surface area contributed by atoms with E-state index in [2.05, 4.69) is 15.4 Å². The molecule has 0 radical (unpaired) electrons. The molecule has 0 aromatic carbocycles. The number of guanidine groups is 1. The molecule has 0 spiro atoms. The third kappa shape index (κ3) is 5.27. The van der Waals surface area contributed by atoms with Crippen LogP contribution in [0.1, 0.15) is 31.0 Å². The Hall–Kier alpha value is -2.46. The molecule has 0 unspecified atom stereocenters. The van der Waals surface area contributed by atoms with E-state index in [0.717, 1.165) is 4.68 Å². The van der Waals surface area contributed by atoms with E-state index in [9.17, 15) is 18.0 Å². The number of nitrogens with zero attached hydrogens (tertiary/aromatic N) is 4. The zero-order valence-corrected chi connectivity index (χ0v) is 14.7. The van der Waals surface area contributed by atoms with Crippen molar-refractivity contribution in [1.82, 2.24) is 20.0 Å². The summed E-state index contributed by atoms with van der Waals surface area (Å²) >= 11 is 0. The van der Waals surface area contributed by atoms with Crippen LogP contribution in [0.15, 0.2) is 11.2 Å². The second-order valence-corrected chi connectivity index (χ2v) is 5.98. The molecular formula is C15H23F3N6O2. The number of amides is 1. The van der Waals surface area contributed by atoms with Crippen molar-refractivity contribution in [2.45, 2.75) is 38.5 Å². The highest BCUT2D eigenvalue weighted by Crippen LogP contribution is 2.30. The molecule has 3 N–H and O–H groups in total. The van der Waals surface area contributed by atoms with Crippen LogP contribution >= 0.6 is 0 Å². The second-order valence-electron chi connectivity index (χ2n) is 5.98. The van der Waals surface area contributed by atoms with E-state index in [4.69, 9.17) is 10.5 Å². The van der Waals surface area contributed by atoms with Crippen LogP contribution in [0, 0.1) is 0 Å². The molecule has 1 aromatic rings. The van der Waals surface area contributed by atoms with Gasteiger partial charge < -0.3 is 20.7 Å². The van der Waals surface area contributed by atoms with Crippen LogP contribution in [0.2, 0.25) is 0 Å². The lowest BCUT2D eigenvalue weighted by molar-refractivity contribution is -0.142. The Kier molecular flexibility index (Phi) is 6.32. The minimum absolute atomic E-state index is 0.000381. The van der Waals surface area contributed by atoms with Gasteiger partial charge in [0.2, 0.25) is 0 Å². The molecule has 26 heavy (non-hydrogen) atoms. The smallest absolute Gasteiger partial charge is 0.435 e. The Balaban J connectivity index is 1.87. The van der Waals surface area contributed by atoms with Crippen LogP contribution in [0.3, 0.4) is 0 Å². The number of hydrogen-bond donors (Lipinski definition) is 2. The molecule has 1 aliphatic heterocycles. The van der Waals surface area contributed by atoms with Gasteiger partial charge in [0.15, 0.2) is 11.7 Å². The lowest BCUT2D eigenvalue weighted by Crippen LogP contribution is -2.48. The quantitative estimate of drug-likeness (QED) is 0.613. The number of hydrogen-bond acceptors (Lipinski definition) is 4. The Morgan fingerprint density at radius 2 is 2.12 bits per heavy atom. The average molecular weight is 376 g/mol. The number of nitrogens with two attached hydrogens (primary N) is 1. The van der Waals surface area contributed by atoms with E-state index in [1.807, 2.05) is 0 Å². The zero-order valence-electron chi connectivity index (χ0n) is 14.7. The molecule has 0 saturated carbocycles. The van der Waals surface area contributed by atoms with Gasteiger partial charge in [0.1, 0.15) is 0 Å². The number of rotatable bonds is 4. The number of carbonyl (C=O) groups is 1. The number of piperidine rings is 1. The van der Waals surface area contributed by atoms with Crippen molar-refractivity contribution in [1.29, 1.82) is 0 Å². The first-order valence-corrected chi connectivity index (χ1v) is 8.28. The van der Waals surface area contributed by atoms with Crippen molar-refractivity contribution in [2.75, 3.05) is 19.7 Å². The summed E-state index contributed by atoms with van der Waals surface area (Å²) in [5.41, 5.74) is 4.79. The second kappa shape index (κ2) is 8.28. The van der Waals surface area contributed by atoms with Gasteiger partial charge in [0.05, 0.1) is 13.2 Å². The van der Waals surface area contributed by atoms with E-state index >= 15 is 0 Å². The maximum atomic E-state index is 12.9. The molecule has 1 aromatic heterocycles. The van der Waals surface area contributed by atoms with Crippen LogP contribution in [0.4, 0.5) is 18.0 Å². The molecule has 1 aliphatic rings. The first-order valence-electron chi connectivity index (χ1n) is 8.28.